The quantitative estimate of drug-likeness (QED) is 0.832. The van der Waals surface area contributed by atoms with Crippen molar-refractivity contribution in [2.45, 2.75) is 13.0 Å². The lowest BCUT2D eigenvalue weighted by Gasteiger charge is -2.29. The lowest BCUT2D eigenvalue weighted by molar-refractivity contribution is 0.0929. The van der Waals surface area contributed by atoms with E-state index < -0.39 is 18.1 Å². The van der Waals surface area contributed by atoms with E-state index in [1.54, 1.807) is 31.2 Å². The molecule has 5 heteroatoms. The van der Waals surface area contributed by atoms with Gasteiger partial charge in [0.25, 0.3) is 0 Å². The predicted molar refractivity (Wildman–Crippen MR) is 65.8 cm³/mol. The van der Waals surface area contributed by atoms with Gasteiger partial charge in [-0.05, 0) is 12.5 Å². The largest absolute Gasteiger partial charge is 0.465 e. The molecule has 96 valence electrons. The minimum Gasteiger partial charge on any atom is -0.465 e. The number of hydrogen-bond acceptors (Lipinski definition) is 3. The molecule has 0 bridgehead atoms. The van der Waals surface area contributed by atoms with Crippen molar-refractivity contribution in [2.24, 2.45) is 5.92 Å². The van der Waals surface area contributed by atoms with Crippen molar-refractivity contribution in [3.63, 3.8) is 0 Å². The van der Waals surface area contributed by atoms with Gasteiger partial charge in [0.05, 0.1) is 24.6 Å². The number of nitrogens with zero attached hydrogens (tertiary/aromatic N) is 2. The summed E-state index contributed by atoms with van der Waals surface area (Å²) in [4.78, 5) is 12.3. The highest BCUT2D eigenvalue weighted by molar-refractivity contribution is 5.66. The van der Waals surface area contributed by atoms with E-state index in [2.05, 4.69) is 0 Å². The second-order valence-corrected chi connectivity index (χ2v) is 4.07. The first-order valence-corrected chi connectivity index (χ1v) is 5.65. The summed E-state index contributed by atoms with van der Waals surface area (Å²) in [5, 5.41) is 27.3. The van der Waals surface area contributed by atoms with E-state index in [0.717, 1.165) is 4.90 Å². The van der Waals surface area contributed by atoms with Gasteiger partial charge in [0.1, 0.15) is 0 Å². The van der Waals surface area contributed by atoms with E-state index in [1.165, 1.54) is 0 Å². The highest BCUT2D eigenvalue weighted by atomic mass is 16.4. The molecule has 1 aromatic rings. The standard InChI is InChI=1S/C13H16N2O3/c1-10(7-14)8-15(13(17)18)12(9-16)11-5-3-2-4-6-11/h2-6,10,12,16H,8-9H2,1H3,(H,17,18)/t10?,12-/m0/s1. The lowest BCUT2D eigenvalue weighted by Crippen LogP contribution is -2.38. The molecule has 1 aromatic carbocycles. The maximum atomic E-state index is 11.2. The lowest BCUT2D eigenvalue weighted by atomic mass is 10.0. The molecule has 2 N–H and O–H groups in total. The van der Waals surface area contributed by atoms with E-state index in [9.17, 15) is 15.0 Å². The van der Waals surface area contributed by atoms with Crippen LogP contribution in [0, 0.1) is 17.2 Å². The van der Waals surface area contributed by atoms with Crippen molar-refractivity contribution in [3.8, 4) is 6.07 Å². The summed E-state index contributed by atoms with van der Waals surface area (Å²) in [6.07, 6.45) is -1.14. The molecule has 5 nitrogen and oxygen atoms in total. The first-order chi connectivity index (χ1) is 8.60. The maximum Gasteiger partial charge on any atom is 0.407 e. The molecule has 1 amide bonds. The summed E-state index contributed by atoms with van der Waals surface area (Å²) in [5.74, 6) is -0.418. The number of amides is 1. The fraction of sp³-hybridized carbons (Fsp3) is 0.385. The van der Waals surface area contributed by atoms with Crippen LogP contribution in [0.25, 0.3) is 0 Å². The molecule has 18 heavy (non-hydrogen) atoms. The van der Waals surface area contributed by atoms with Crippen LogP contribution in [-0.4, -0.2) is 34.4 Å². The molecule has 0 fully saturated rings. The molecular formula is C13H16N2O3. The van der Waals surface area contributed by atoms with Gasteiger partial charge < -0.3 is 10.2 Å². The number of benzene rings is 1. The topological polar surface area (TPSA) is 84.6 Å². The van der Waals surface area contributed by atoms with Crippen LogP contribution < -0.4 is 0 Å². The van der Waals surface area contributed by atoms with Crippen LogP contribution in [0.2, 0.25) is 0 Å². The zero-order chi connectivity index (χ0) is 13.5. The SMILES string of the molecule is CC(C#N)CN(C(=O)O)[C@@H](CO)c1ccccc1. The molecule has 0 saturated heterocycles. The average Bonchev–Trinajstić information content (AvgIpc) is 2.39. The Labute approximate surface area is 106 Å². The summed E-state index contributed by atoms with van der Waals surface area (Å²) in [5.41, 5.74) is 0.715. The van der Waals surface area contributed by atoms with Crippen molar-refractivity contribution in [3.05, 3.63) is 35.9 Å². The fourth-order valence-corrected chi connectivity index (χ4v) is 1.73. The first kappa shape index (κ1) is 14.0. The first-order valence-electron chi connectivity index (χ1n) is 5.65. The summed E-state index contributed by atoms with van der Waals surface area (Å²) >= 11 is 0. The second kappa shape index (κ2) is 6.62. The molecule has 0 spiro atoms. The Kier molecular flexibility index (Phi) is 5.15. The molecule has 0 heterocycles. The molecule has 0 aliphatic heterocycles. The van der Waals surface area contributed by atoms with Crippen LogP contribution in [0.5, 0.6) is 0 Å². The highest BCUT2D eigenvalue weighted by Crippen LogP contribution is 2.21. The Morgan fingerprint density at radius 3 is 2.50 bits per heavy atom. The van der Waals surface area contributed by atoms with Crippen LogP contribution in [0.4, 0.5) is 4.79 Å². The van der Waals surface area contributed by atoms with Crippen molar-refractivity contribution in [1.29, 1.82) is 5.26 Å². The number of rotatable bonds is 5. The second-order valence-electron chi connectivity index (χ2n) is 4.07. The summed E-state index contributed by atoms with van der Waals surface area (Å²) in [6, 6.07) is 10.3. The van der Waals surface area contributed by atoms with Crippen LogP contribution >= 0.6 is 0 Å². The van der Waals surface area contributed by atoms with Crippen LogP contribution in [0.3, 0.4) is 0 Å². The van der Waals surface area contributed by atoms with Gasteiger partial charge in [0, 0.05) is 6.54 Å². The third-order valence-corrected chi connectivity index (χ3v) is 2.67. The maximum absolute atomic E-state index is 11.2. The van der Waals surface area contributed by atoms with Crippen molar-refractivity contribution in [1.82, 2.24) is 4.90 Å². The van der Waals surface area contributed by atoms with E-state index in [0.29, 0.717) is 5.56 Å². The molecule has 0 saturated carbocycles. The zero-order valence-electron chi connectivity index (χ0n) is 10.2. The number of carbonyl (C=O) groups is 1. The molecule has 2 atom stereocenters. The van der Waals surface area contributed by atoms with Crippen LogP contribution in [0.1, 0.15) is 18.5 Å². The monoisotopic (exact) mass is 248 g/mol. The van der Waals surface area contributed by atoms with E-state index in [4.69, 9.17) is 5.26 Å². The Morgan fingerprint density at radius 2 is 2.06 bits per heavy atom. The summed E-state index contributed by atoms with van der Waals surface area (Å²) in [7, 11) is 0. The van der Waals surface area contributed by atoms with Gasteiger partial charge in [-0.2, -0.15) is 5.26 Å². The fourth-order valence-electron chi connectivity index (χ4n) is 1.73. The smallest absolute Gasteiger partial charge is 0.407 e. The Balaban J connectivity index is 2.96. The molecule has 0 aliphatic rings. The van der Waals surface area contributed by atoms with Crippen LogP contribution in [0.15, 0.2) is 30.3 Å². The van der Waals surface area contributed by atoms with Gasteiger partial charge in [-0.15, -0.1) is 0 Å². The molecule has 0 radical (unpaired) electrons. The van der Waals surface area contributed by atoms with Gasteiger partial charge in [-0.25, -0.2) is 4.79 Å². The average molecular weight is 248 g/mol. The van der Waals surface area contributed by atoms with Crippen molar-refractivity contribution in [2.75, 3.05) is 13.2 Å². The number of hydrogen-bond donors (Lipinski definition) is 2. The van der Waals surface area contributed by atoms with Gasteiger partial charge in [0.15, 0.2) is 0 Å². The van der Waals surface area contributed by atoms with Crippen LogP contribution in [-0.2, 0) is 0 Å². The van der Waals surface area contributed by atoms with Gasteiger partial charge in [-0.1, -0.05) is 30.3 Å². The predicted octanol–water partition coefficient (Wildman–Crippen LogP) is 1.86. The van der Waals surface area contributed by atoms with Crippen molar-refractivity contribution < 1.29 is 15.0 Å². The van der Waals surface area contributed by atoms with E-state index >= 15 is 0 Å². The van der Waals surface area contributed by atoms with E-state index in [-0.39, 0.29) is 13.2 Å². The van der Waals surface area contributed by atoms with Crippen molar-refractivity contribution >= 4 is 6.09 Å². The number of nitriles is 1. The third kappa shape index (κ3) is 3.47. The van der Waals surface area contributed by atoms with Gasteiger partial charge in [0.2, 0.25) is 0 Å². The highest BCUT2D eigenvalue weighted by Gasteiger charge is 2.25. The zero-order valence-corrected chi connectivity index (χ0v) is 10.2. The summed E-state index contributed by atoms with van der Waals surface area (Å²) < 4.78 is 0. The minimum atomic E-state index is -1.14. The third-order valence-electron chi connectivity index (χ3n) is 2.67. The van der Waals surface area contributed by atoms with Gasteiger partial charge >= 0.3 is 6.09 Å². The normalized spacial score (nSPS) is 13.4. The molecular weight excluding hydrogens is 232 g/mol. The number of carboxylic acid groups (broad SMARTS) is 1. The molecule has 1 rings (SSSR count). The summed E-state index contributed by atoms with van der Waals surface area (Å²) in [6.45, 7) is 1.41. The molecule has 0 aliphatic carbocycles. The Morgan fingerprint density at radius 1 is 1.44 bits per heavy atom. The molecule has 0 aromatic heterocycles. The van der Waals surface area contributed by atoms with E-state index in [1.807, 2.05) is 12.1 Å². The Hall–Kier alpha value is -2.06. The number of aliphatic hydroxyl groups excluding tert-OH is 1. The number of aliphatic hydroxyl groups is 1. The Bertz CT molecular complexity index is 428. The minimum absolute atomic E-state index is 0.0754. The van der Waals surface area contributed by atoms with Gasteiger partial charge in [-0.3, -0.25) is 4.90 Å². The molecule has 1 unspecified atom stereocenters.